The maximum absolute atomic E-state index is 13.5. The number of aromatic nitrogens is 2. The summed E-state index contributed by atoms with van der Waals surface area (Å²) < 4.78 is 30.7. The summed E-state index contributed by atoms with van der Waals surface area (Å²) in [4.78, 5) is 23.0. The Morgan fingerprint density at radius 2 is 1.87 bits per heavy atom. The van der Waals surface area contributed by atoms with Crippen molar-refractivity contribution in [3.63, 3.8) is 0 Å². The van der Waals surface area contributed by atoms with E-state index in [0.717, 1.165) is 0 Å². The van der Waals surface area contributed by atoms with Gasteiger partial charge in [0.05, 0.1) is 44.2 Å². The number of nitrogens with zero attached hydrogens (tertiary/aromatic N) is 3. The molecule has 1 aromatic carbocycles. The molecule has 164 valence electrons. The van der Waals surface area contributed by atoms with Gasteiger partial charge in [-0.05, 0) is 18.2 Å². The second-order valence-electron chi connectivity index (χ2n) is 7.78. The highest BCUT2D eigenvalue weighted by atomic mass is 19.1. The fourth-order valence-corrected chi connectivity index (χ4v) is 4.17. The summed E-state index contributed by atoms with van der Waals surface area (Å²) in [5.74, 6) is 0.0996. The number of hydrogen-bond acceptors (Lipinski definition) is 7. The van der Waals surface area contributed by atoms with E-state index in [2.05, 4.69) is 20.6 Å². The topological polar surface area (TPSA) is 97.8 Å². The van der Waals surface area contributed by atoms with Gasteiger partial charge in [0.25, 0.3) is 0 Å². The lowest BCUT2D eigenvalue weighted by Gasteiger charge is -2.29. The van der Waals surface area contributed by atoms with E-state index in [1.54, 1.807) is 29.3 Å². The van der Waals surface area contributed by atoms with Crippen molar-refractivity contribution in [3.05, 3.63) is 42.3 Å². The zero-order valence-corrected chi connectivity index (χ0v) is 16.9. The number of urea groups is 1. The van der Waals surface area contributed by atoms with Gasteiger partial charge in [0.2, 0.25) is 5.95 Å². The molecule has 4 heterocycles. The van der Waals surface area contributed by atoms with Crippen LogP contribution in [-0.4, -0.2) is 84.7 Å². The van der Waals surface area contributed by atoms with Gasteiger partial charge in [0.15, 0.2) is 0 Å². The third-order valence-electron chi connectivity index (χ3n) is 5.75. The number of nitrogens with one attached hydrogen (secondary N) is 2. The van der Waals surface area contributed by atoms with Crippen LogP contribution in [0, 0.1) is 5.82 Å². The smallest absolute Gasteiger partial charge is 0.317 e. The third-order valence-corrected chi connectivity index (χ3v) is 5.75. The van der Waals surface area contributed by atoms with Crippen LogP contribution in [0.1, 0.15) is 0 Å². The highest BCUT2D eigenvalue weighted by Crippen LogP contribution is 2.29. The van der Waals surface area contributed by atoms with Gasteiger partial charge in [-0.1, -0.05) is 12.1 Å². The molecular formula is C21H24FN5O4. The predicted molar refractivity (Wildman–Crippen MR) is 109 cm³/mol. The fourth-order valence-electron chi connectivity index (χ4n) is 4.17. The zero-order valence-electron chi connectivity index (χ0n) is 16.9. The molecule has 9 nitrogen and oxygen atoms in total. The average Bonchev–Trinajstić information content (AvgIpc) is 3.38. The Kier molecular flexibility index (Phi) is 5.66. The first-order valence-electron chi connectivity index (χ1n) is 10.4. The summed E-state index contributed by atoms with van der Waals surface area (Å²) in [7, 11) is 0. The minimum absolute atomic E-state index is 0.122. The largest absolute Gasteiger partial charge is 0.378 e. The maximum Gasteiger partial charge on any atom is 0.317 e. The Hall–Kier alpha value is -2.82. The molecule has 31 heavy (non-hydrogen) atoms. The zero-order chi connectivity index (χ0) is 21.2. The minimum Gasteiger partial charge on any atom is -0.378 e. The van der Waals surface area contributed by atoms with E-state index in [9.17, 15) is 9.18 Å². The molecule has 1 aromatic heterocycles. The molecule has 10 heteroatoms. The van der Waals surface area contributed by atoms with Crippen LogP contribution in [0.3, 0.4) is 0 Å². The number of halogens is 1. The van der Waals surface area contributed by atoms with Crippen LogP contribution in [0.15, 0.2) is 36.5 Å². The SMILES string of the molecule is O=C(N[C@H]1CO[C@H]2[C@H]1OC[C@H]2Nc1nccc(-c2cccc(F)c2)n1)N1CCOCC1. The van der Waals surface area contributed by atoms with Gasteiger partial charge in [0.1, 0.15) is 18.0 Å². The van der Waals surface area contributed by atoms with Gasteiger partial charge < -0.3 is 29.7 Å². The van der Waals surface area contributed by atoms with Crippen LogP contribution in [0.25, 0.3) is 11.3 Å². The van der Waals surface area contributed by atoms with E-state index in [0.29, 0.717) is 56.7 Å². The second kappa shape index (κ2) is 8.74. The van der Waals surface area contributed by atoms with E-state index < -0.39 is 0 Å². The highest BCUT2D eigenvalue weighted by molar-refractivity contribution is 5.74. The third kappa shape index (κ3) is 4.32. The number of anilines is 1. The molecule has 0 saturated carbocycles. The van der Waals surface area contributed by atoms with Gasteiger partial charge in [-0.3, -0.25) is 0 Å². The van der Waals surface area contributed by atoms with Gasteiger partial charge >= 0.3 is 6.03 Å². The van der Waals surface area contributed by atoms with Crippen molar-refractivity contribution >= 4 is 12.0 Å². The first-order valence-corrected chi connectivity index (χ1v) is 10.4. The van der Waals surface area contributed by atoms with Gasteiger partial charge in [-0.25, -0.2) is 19.2 Å². The van der Waals surface area contributed by atoms with E-state index in [-0.39, 0.29) is 36.1 Å². The average molecular weight is 429 g/mol. The summed E-state index contributed by atoms with van der Waals surface area (Å²) in [5, 5.41) is 6.30. The summed E-state index contributed by atoms with van der Waals surface area (Å²) in [6.07, 6.45) is 1.16. The molecule has 0 radical (unpaired) electrons. The summed E-state index contributed by atoms with van der Waals surface area (Å²) in [6, 6.07) is 7.51. The lowest BCUT2D eigenvalue weighted by molar-refractivity contribution is 0.0485. The van der Waals surface area contributed by atoms with Gasteiger partial charge in [-0.2, -0.15) is 0 Å². The monoisotopic (exact) mass is 429 g/mol. The van der Waals surface area contributed by atoms with Crippen molar-refractivity contribution < 1.29 is 23.4 Å². The van der Waals surface area contributed by atoms with Crippen molar-refractivity contribution in [2.45, 2.75) is 24.3 Å². The Labute approximate surface area is 178 Å². The number of hydrogen-bond donors (Lipinski definition) is 2. The van der Waals surface area contributed by atoms with E-state index in [1.165, 1.54) is 12.1 Å². The quantitative estimate of drug-likeness (QED) is 0.755. The molecule has 3 aliphatic rings. The number of fused-ring (bicyclic) bond motifs is 1. The predicted octanol–water partition coefficient (Wildman–Crippen LogP) is 1.27. The molecule has 0 spiro atoms. The highest BCUT2D eigenvalue weighted by Gasteiger charge is 2.48. The first-order chi connectivity index (χ1) is 15.2. The Morgan fingerprint density at radius 3 is 2.68 bits per heavy atom. The standard InChI is InChI=1S/C21H24FN5O4/c22-14-3-1-2-13(10-14)15-4-5-23-20(24-15)25-16-11-30-19-17(12-31-18(16)19)26-21(28)27-6-8-29-9-7-27/h1-5,10,16-19H,6-9,11-12H2,(H,26,28)(H,23,24,25)/t16-,17+,18-,19+/m1/s1. The number of benzene rings is 1. The first kappa shape index (κ1) is 20.1. The minimum atomic E-state index is -0.317. The lowest BCUT2D eigenvalue weighted by Crippen LogP contribution is -2.52. The molecule has 3 aliphatic heterocycles. The van der Waals surface area contributed by atoms with Crippen molar-refractivity contribution in [2.24, 2.45) is 0 Å². The molecule has 2 aromatic rings. The van der Waals surface area contributed by atoms with E-state index in [1.807, 2.05) is 0 Å². The number of rotatable bonds is 4. The summed E-state index contributed by atoms with van der Waals surface area (Å²) in [6.45, 7) is 3.06. The Morgan fingerprint density at radius 1 is 1.10 bits per heavy atom. The van der Waals surface area contributed by atoms with E-state index in [4.69, 9.17) is 14.2 Å². The summed E-state index contributed by atoms with van der Waals surface area (Å²) >= 11 is 0. The molecule has 0 unspecified atom stereocenters. The lowest BCUT2D eigenvalue weighted by atomic mass is 10.1. The number of carbonyl (C=O) groups is 1. The normalized spacial score (nSPS) is 27.7. The molecule has 4 atom stereocenters. The van der Waals surface area contributed by atoms with Crippen molar-refractivity contribution in [3.8, 4) is 11.3 Å². The van der Waals surface area contributed by atoms with Crippen molar-refractivity contribution in [2.75, 3.05) is 44.8 Å². The molecule has 0 bridgehead atoms. The van der Waals surface area contributed by atoms with Crippen LogP contribution in [0.4, 0.5) is 15.1 Å². The maximum atomic E-state index is 13.5. The molecular weight excluding hydrogens is 405 g/mol. The van der Waals surface area contributed by atoms with Crippen LogP contribution in [0.5, 0.6) is 0 Å². The Balaban J connectivity index is 1.22. The molecule has 2 amide bonds. The molecule has 2 N–H and O–H groups in total. The van der Waals surface area contributed by atoms with Crippen molar-refractivity contribution in [1.29, 1.82) is 0 Å². The van der Waals surface area contributed by atoms with Crippen LogP contribution >= 0.6 is 0 Å². The number of carbonyl (C=O) groups excluding carboxylic acids is 1. The van der Waals surface area contributed by atoms with Gasteiger partial charge in [0, 0.05) is 24.8 Å². The molecule has 5 rings (SSSR count). The molecule has 3 saturated heterocycles. The van der Waals surface area contributed by atoms with Crippen LogP contribution in [0.2, 0.25) is 0 Å². The fraction of sp³-hybridized carbons (Fsp3) is 0.476. The van der Waals surface area contributed by atoms with E-state index >= 15 is 0 Å². The van der Waals surface area contributed by atoms with Crippen LogP contribution in [-0.2, 0) is 14.2 Å². The molecule has 0 aliphatic carbocycles. The molecule has 3 fully saturated rings. The number of ether oxygens (including phenoxy) is 3. The number of amides is 2. The van der Waals surface area contributed by atoms with Crippen molar-refractivity contribution in [1.82, 2.24) is 20.2 Å². The second-order valence-corrected chi connectivity index (χ2v) is 7.78. The summed E-state index contributed by atoms with van der Waals surface area (Å²) in [5.41, 5.74) is 1.30. The number of morpholine rings is 1. The van der Waals surface area contributed by atoms with Crippen LogP contribution < -0.4 is 10.6 Å². The van der Waals surface area contributed by atoms with Gasteiger partial charge in [-0.15, -0.1) is 0 Å². The Bertz CT molecular complexity index is 941.